The molecule has 0 spiro atoms. The molecule has 0 radical (unpaired) electrons. The second-order valence-corrected chi connectivity index (χ2v) is 5.54. The Balaban J connectivity index is 2.26. The minimum absolute atomic E-state index is 0.0616. The number of rotatable bonds is 3. The van der Waals surface area contributed by atoms with Crippen molar-refractivity contribution in [2.45, 2.75) is 17.9 Å². The van der Waals surface area contributed by atoms with Gasteiger partial charge in [0, 0.05) is 12.7 Å². The lowest BCUT2D eigenvalue weighted by atomic mass is 10.3. The minimum Gasteiger partial charge on any atom is -0.478 e. The highest BCUT2D eigenvalue weighted by molar-refractivity contribution is 7.88. The van der Waals surface area contributed by atoms with E-state index in [0.717, 1.165) is 29.6 Å². The summed E-state index contributed by atoms with van der Waals surface area (Å²) in [6.07, 6.45) is 2.56. The van der Waals surface area contributed by atoms with Gasteiger partial charge in [0.25, 0.3) is 10.0 Å². The molecule has 1 aliphatic heterocycles. The summed E-state index contributed by atoms with van der Waals surface area (Å²) in [5.74, 6) is -1.15. The van der Waals surface area contributed by atoms with Crippen molar-refractivity contribution in [3.05, 3.63) is 23.9 Å². The molecular formula is C10H12N2O5S. The van der Waals surface area contributed by atoms with Gasteiger partial charge in [0.15, 0.2) is 5.03 Å². The Hall–Kier alpha value is -1.51. The van der Waals surface area contributed by atoms with Gasteiger partial charge in [0.05, 0.1) is 12.2 Å². The van der Waals surface area contributed by atoms with E-state index in [4.69, 9.17) is 9.94 Å². The van der Waals surface area contributed by atoms with Crippen LogP contribution in [0, 0.1) is 0 Å². The largest absolute Gasteiger partial charge is 0.478 e. The summed E-state index contributed by atoms with van der Waals surface area (Å²) >= 11 is 0. The first kappa shape index (κ1) is 12.9. The zero-order chi connectivity index (χ0) is 13.2. The Morgan fingerprint density at radius 3 is 2.67 bits per heavy atom. The van der Waals surface area contributed by atoms with Crippen LogP contribution in [0.2, 0.25) is 0 Å². The number of nitrogens with zero attached hydrogens (tertiary/aromatic N) is 2. The van der Waals surface area contributed by atoms with Crippen molar-refractivity contribution in [2.24, 2.45) is 0 Å². The van der Waals surface area contributed by atoms with Crippen LogP contribution in [0.1, 0.15) is 23.2 Å². The topological polar surface area (TPSA) is 96.8 Å². The molecule has 98 valence electrons. The zero-order valence-corrected chi connectivity index (χ0v) is 10.3. The Kier molecular flexibility index (Phi) is 3.60. The predicted molar refractivity (Wildman–Crippen MR) is 60.3 cm³/mol. The van der Waals surface area contributed by atoms with Gasteiger partial charge in [-0.05, 0) is 25.0 Å². The third-order valence-electron chi connectivity index (χ3n) is 2.49. The molecule has 0 aromatic carbocycles. The van der Waals surface area contributed by atoms with Crippen molar-refractivity contribution >= 4 is 16.0 Å². The molecule has 0 aliphatic carbocycles. The SMILES string of the molecule is O=C(O)c1ccc(S(=O)(=O)N2CCCCO2)nc1. The molecule has 0 unspecified atom stereocenters. The van der Waals surface area contributed by atoms with E-state index in [1.807, 2.05) is 0 Å². The molecule has 1 saturated heterocycles. The highest BCUT2D eigenvalue weighted by Crippen LogP contribution is 2.18. The molecule has 0 saturated carbocycles. The number of aromatic nitrogens is 1. The van der Waals surface area contributed by atoms with E-state index >= 15 is 0 Å². The fourth-order valence-electron chi connectivity index (χ4n) is 1.53. The monoisotopic (exact) mass is 272 g/mol. The van der Waals surface area contributed by atoms with Gasteiger partial charge in [0.2, 0.25) is 0 Å². The van der Waals surface area contributed by atoms with Gasteiger partial charge in [-0.1, -0.05) is 4.47 Å². The Morgan fingerprint density at radius 2 is 2.17 bits per heavy atom. The first-order chi connectivity index (χ1) is 8.51. The van der Waals surface area contributed by atoms with Crippen LogP contribution >= 0.6 is 0 Å². The molecular weight excluding hydrogens is 260 g/mol. The molecule has 0 amide bonds. The number of sulfonamides is 1. The summed E-state index contributed by atoms with van der Waals surface area (Å²) in [5, 5.41) is 8.49. The predicted octanol–water partition coefficient (Wildman–Crippen LogP) is 0.496. The van der Waals surface area contributed by atoms with Crippen LogP contribution in [0.3, 0.4) is 0 Å². The zero-order valence-electron chi connectivity index (χ0n) is 9.44. The summed E-state index contributed by atoms with van der Waals surface area (Å²) in [6, 6.07) is 2.36. The van der Waals surface area contributed by atoms with Crippen molar-refractivity contribution in [1.82, 2.24) is 9.45 Å². The summed E-state index contributed by atoms with van der Waals surface area (Å²) in [4.78, 5) is 19.4. The van der Waals surface area contributed by atoms with Gasteiger partial charge >= 0.3 is 5.97 Å². The lowest BCUT2D eigenvalue weighted by Crippen LogP contribution is -2.36. The number of carboxylic acids is 1. The van der Waals surface area contributed by atoms with E-state index in [1.54, 1.807) is 0 Å². The fourth-order valence-corrected chi connectivity index (χ4v) is 2.74. The van der Waals surface area contributed by atoms with Crippen molar-refractivity contribution in [2.75, 3.05) is 13.2 Å². The average Bonchev–Trinajstić information content (AvgIpc) is 2.40. The second kappa shape index (κ2) is 5.01. The molecule has 7 nitrogen and oxygen atoms in total. The Morgan fingerprint density at radius 1 is 1.39 bits per heavy atom. The van der Waals surface area contributed by atoms with Crippen LogP contribution in [0.5, 0.6) is 0 Å². The number of carboxylic acid groups (broad SMARTS) is 1. The highest BCUT2D eigenvalue weighted by Gasteiger charge is 2.28. The van der Waals surface area contributed by atoms with Crippen LogP contribution in [0.15, 0.2) is 23.4 Å². The normalized spacial score (nSPS) is 17.6. The van der Waals surface area contributed by atoms with Crippen LogP contribution in [0.25, 0.3) is 0 Å². The van der Waals surface area contributed by atoms with Crippen molar-refractivity contribution in [3.8, 4) is 0 Å². The fraction of sp³-hybridized carbons (Fsp3) is 0.400. The van der Waals surface area contributed by atoms with Gasteiger partial charge in [0.1, 0.15) is 0 Å². The molecule has 1 aliphatic rings. The lowest BCUT2D eigenvalue weighted by molar-refractivity contribution is -0.109. The maximum absolute atomic E-state index is 12.1. The van der Waals surface area contributed by atoms with Gasteiger partial charge < -0.3 is 5.11 Å². The van der Waals surface area contributed by atoms with E-state index in [-0.39, 0.29) is 17.1 Å². The van der Waals surface area contributed by atoms with Crippen LogP contribution in [-0.2, 0) is 14.9 Å². The Bertz CT molecular complexity index is 534. The van der Waals surface area contributed by atoms with Crippen LogP contribution in [0.4, 0.5) is 0 Å². The molecule has 0 bridgehead atoms. The minimum atomic E-state index is -3.80. The average molecular weight is 272 g/mol. The van der Waals surface area contributed by atoms with Crippen LogP contribution < -0.4 is 0 Å². The third-order valence-corrected chi connectivity index (χ3v) is 4.08. The van der Waals surface area contributed by atoms with Crippen molar-refractivity contribution < 1.29 is 23.2 Å². The number of hydroxylamine groups is 1. The van der Waals surface area contributed by atoms with Gasteiger partial charge in [-0.25, -0.2) is 18.2 Å². The first-order valence-electron chi connectivity index (χ1n) is 5.37. The lowest BCUT2D eigenvalue weighted by Gasteiger charge is -2.24. The van der Waals surface area contributed by atoms with Crippen LogP contribution in [-0.4, -0.2) is 42.1 Å². The van der Waals surface area contributed by atoms with E-state index in [0.29, 0.717) is 6.61 Å². The maximum atomic E-state index is 12.1. The Labute approximate surface area is 104 Å². The second-order valence-electron chi connectivity index (χ2n) is 3.76. The molecule has 2 heterocycles. The summed E-state index contributed by atoms with van der Waals surface area (Å²) in [7, 11) is -3.80. The van der Waals surface area contributed by atoms with Gasteiger partial charge in [-0.3, -0.25) is 4.84 Å². The molecule has 1 N–H and O–H groups in total. The summed E-state index contributed by atoms with van der Waals surface area (Å²) in [5.41, 5.74) is -0.0616. The molecule has 8 heteroatoms. The van der Waals surface area contributed by atoms with E-state index < -0.39 is 16.0 Å². The number of aromatic carboxylic acids is 1. The first-order valence-corrected chi connectivity index (χ1v) is 6.81. The van der Waals surface area contributed by atoms with Crippen molar-refractivity contribution in [1.29, 1.82) is 0 Å². The van der Waals surface area contributed by atoms with Gasteiger partial charge in [-0.2, -0.15) is 0 Å². The number of carbonyl (C=O) groups is 1. The summed E-state index contributed by atoms with van der Waals surface area (Å²) < 4.78 is 25.0. The molecule has 1 fully saturated rings. The smallest absolute Gasteiger partial charge is 0.337 e. The number of hydrogen-bond donors (Lipinski definition) is 1. The third kappa shape index (κ3) is 2.50. The molecule has 1 aromatic heterocycles. The highest BCUT2D eigenvalue weighted by atomic mass is 32.2. The number of hydrogen-bond acceptors (Lipinski definition) is 5. The maximum Gasteiger partial charge on any atom is 0.337 e. The number of pyridine rings is 1. The van der Waals surface area contributed by atoms with E-state index in [1.165, 1.54) is 6.07 Å². The van der Waals surface area contributed by atoms with E-state index in [2.05, 4.69) is 4.98 Å². The van der Waals surface area contributed by atoms with E-state index in [9.17, 15) is 13.2 Å². The van der Waals surface area contributed by atoms with Crippen molar-refractivity contribution in [3.63, 3.8) is 0 Å². The quantitative estimate of drug-likeness (QED) is 0.860. The molecule has 2 rings (SSSR count). The molecule has 0 atom stereocenters. The molecule has 18 heavy (non-hydrogen) atoms. The summed E-state index contributed by atoms with van der Waals surface area (Å²) in [6.45, 7) is 0.636. The standard InChI is InChI=1S/C10H12N2O5S/c13-10(14)8-3-4-9(11-7-8)18(15,16)12-5-1-2-6-17-12/h3-4,7H,1-2,5-6H2,(H,13,14). The molecule has 1 aromatic rings. The van der Waals surface area contributed by atoms with Gasteiger partial charge in [-0.15, -0.1) is 0 Å².